The van der Waals surface area contributed by atoms with Gasteiger partial charge < -0.3 is 153 Å². The van der Waals surface area contributed by atoms with Crippen molar-refractivity contribution in [2.24, 2.45) is 33.5 Å². The third-order valence-corrected chi connectivity index (χ3v) is 24.7. The summed E-state index contributed by atoms with van der Waals surface area (Å²) in [5.74, 6) is 0.225. The summed E-state index contributed by atoms with van der Waals surface area (Å²) < 4.78 is 79.8. The summed E-state index contributed by atoms with van der Waals surface area (Å²) in [6.45, 7) is 9.78. The van der Waals surface area contributed by atoms with Gasteiger partial charge in [0.05, 0.1) is 57.5 Å². The predicted molar refractivity (Wildman–Crippen MR) is 318 cm³/mol. The Kier molecular flexibility index (Phi) is 22.8. The smallest absolute Gasteiger partial charge is 0.187 e. The van der Waals surface area contributed by atoms with Crippen molar-refractivity contribution in [1.29, 1.82) is 0 Å². The SMILES string of the molecule is CCC(=O)[C@@H]1C[C@@H](C)[C@]2(CC[C@@]3(C)C4=C(CC[C@@]32C)[C@@]2(C)CC[C@H](O[C@@H]3O[C@H](CO[C@H]5OC[C@@H](O)[C@@H](O)[C@@H]5O[C@@H]5O[C@H](CO)[C@@H](O)[C@H](O[C@@H]6O[C@H](CO)[C@@H](O)[C@H](O)[C@H]6O[C@@H]6O[C@H](CO)[C@@H](O)[C@H](O)[C@H]6O)[C@H]5O[C@@H]5O[C@@H](C)[C@H](O)[C@@H](O)[C@H]5O)[C@@H](O)[C@H](O)[C@H]3O)[C@](C)(CO)[C@@H]2CC4)O1. The van der Waals surface area contributed by atoms with Gasteiger partial charge in [0, 0.05) is 17.3 Å². The van der Waals surface area contributed by atoms with E-state index in [0.717, 1.165) is 32.1 Å². The van der Waals surface area contributed by atoms with Crippen LogP contribution in [0.4, 0.5) is 0 Å². The first-order valence-electron chi connectivity index (χ1n) is 34.0. The minimum absolute atomic E-state index is 0.113. The number of ether oxygens (including phenoxy) is 13. The Balaban J connectivity index is 0.823. The molecule has 2 saturated carbocycles. The van der Waals surface area contributed by atoms with Crippen LogP contribution in [0, 0.1) is 33.5 Å². The van der Waals surface area contributed by atoms with Crippen molar-refractivity contribution in [3.05, 3.63) is 11.1 Å². The fraction of sp³-hybridized carbons (Fsp3) is 0.953. The first kappa shape index (κ1) is 75.3. The molecule has 0 amide bonds. The summed E-state index contributed by atoms with van der Waals surface area (Å²) in [5.41, 5.74) is 0.687. The van der Waals surface area contributed by atoms with Crippen LogP contribution in [0.25, 0.3) is 0 Å². The molecule has 96 heavy (non-hydrogen) atoms. The summed E-state index contributed by atoms with van der Waals surface area (Å²) in [4.78, 5) is 13.1. The Morgan fingerprint density at radius 1 is 0.500 bits per heavy atom. The van der Waals surface area contributed by atoms with Crippen LogP contribution in [-0.2, 0) is 66.4 Å². The molecule has 32 heteroatoms. The number of carbonyl (C=O) groups excluding carboxylic acids is 1. The van der Waals surface area contributed by atoms with Crippen molar-refractivity contribution in [3.63, 3.8) is 0 Å². The quantitative estimate of drug-likeness (QED) is 0.0536. The molecule has 0 unspecified atom stereocenters. The van der Waals surface area contributed by atoms with Crippen LogP contribution in [0.15, 0.2) is 11.1 Å². The zero-order valence-electron chi connectivity index (χ0n) is 55.1. The minimum Gasteiger partial charge on any atom is -0.396 e. The molecule has 7 aliphatic heterocycles. The largest absolute Gasteiger partial charge is 0.396 e. The fourth-order valence-corrected chi connectivity index (χ4v) is 18.6. The van der Waals surface area contributed by atoms with Crippen molar-refractivity contribution >= 4 is 5.78 Å². The lowest BCUT2D eigenvalue weighted by atomic mass is 9.42. The monoisotopic (exact) mass is 1380 g/mol. The first-order valence-corrected chi connectivity index (χ1v) is 34.0. The molecule has 0 bridgehead atoms. The molecule has 1 spiro atoms. The van der Waals surface area contributed by atoms with E-state index in [9.17, 15) is 96.7 Å². The Labute approximate surface area is 555 Å². The zero-order chi connectivity index (χ0) is 69.8. The number of aliphatic hydroxyl groups is 18. The van der Waals surface area contributed by atoms with Gasteiger partial charge >= 0.3 is 0 Å². The highest BCUT2D eigenvalue weighted by atomic mass is 16.8. The number of allylic oxidation sites excluding steroid dienone is 2. The number of Topliss-reactive ketones (excluding diaryl/α,β-unsaturated/α-hetero) is 1. The van der Waals surface area contributed by atoms with E-state index in [1.54, 1.807) is 0 Å². The molecule has 11 rings (SSSR count). The second-order valence-electron chi connectivity index (χ2n) is 29.7. The van der Waals surface area contributed by atoms with Crippen LogP contribution in [0.1, 0.15) is 113 Å². The summed E-state index contributed by atoms with van der Waals surface area (Å²) in [6, 6.07) is 0. The molecule has 7 heterocycles. The van der Waals surface area contributed by atoms with Gasteiger partial charge in [-0.25, -0.2) is 0 Å². The number of aliphatic hydroxyl groups excluding tert-OH is 18. The molecule has 0 radical (unpaired) electrons. The Bertz CT molecular complexity index is 2680. The number of hydrogen-bond acceptors (Lipinski definition) is 32. The van der Waals surface area contributed by atoms with Crippen LogP contribution in [-0.4, -0.2) is 333 Å². The highest BCUT2D eigenvalue weighted by molar-refractivity contribution is 5.83. The van der Waals surface area contributed by atoms with E-state index >= 15 is 0 Å². The van der Waals surface area contributed by atoms with Gasteiger partial charge in [-0.2, -0.15) is 0 Å². The van der Waals surface area contributed by atoms with E-state index in [1.807, 2.05) is 13.8 Å². The lowest BCUT2D eigenvalue weighted by Crippen LogP contribution is -2.69. The van der Waals surface area contributed by atoms with Gasteiger partial charge in [-0.05, 0) is 87.4 Å². The van der Waals surface area contributed by atoms with Crippen molar-refractivity contribution in [1.82, 2.24) is 0 Å². The third kappa shape index (κ3) is 12.6. The fourth-order valence-electron chi connectivity index (χ4n) is 18.6. The van der Waals surface area contributed by atoms with Crippen molar-refractivity contribution in [2.75, 3.05) is 39.6 Å². The van der Waals surface area contributed by atoms with Crippen molar-refractivity contribution in [3.8, 4) is 0 Å². The van der Waals surface area contributed by atoms with E-state index in [0.29, 0.717) is 32.1 Å². The molecular formula is C64H104O32. The predicted octanol–water partition coefficient (Wildman–Crippen LogP) is -5.79. The average molecular weight is 1390 g/mol. The maximum Gasteiger partial charge on any atom is 0.187 e. The van der Waals surface area contributed by atoms with Crippen LogP contribution in [0.5, 0.6) is 0 Å². The van der Waals surface area contributed by atoms with E-state index in [4.69, 9.17) is 61.6 Å². The van der Waals surface area contributed by atoms with Crippen LogP contribution < -0.4 is 0 Å². The zero-order valence-corrected chi connectivity index (χ0v) is 55.1. The molecule has 11 aliphatic rings. The van der Waals surface area contributed by atoms with Gasteiger partial charge in [0.25, 0.3) is 0 Å². The highest BCUT2D eigenvalue weighted by Gasteiger charge is 2.72. The van der Waals surface area contributed by atoms with Crippen molar-refractivity contribution in [2.45, 2.75) is 309 Å². The van der Waals surface area contributed by atoms with E-state index in [-0.39, 0.29) is 40.5 Å². The van der Waals surface area contributed by atoms with Gasteiger partial charge in [-0.3, -0.25) is 4.79 Å². The first-order chi connectivity index (χ1) is 45.3. The summed E-state index contributed by atoms with van der Waals surface area (Å²) in [5, 5.41) is 199. The number of rotatable bonds is 19. The standard InChI is InChI=1S/C64H104O32/c1-8-28(69)30-17-24(2)64(96-30)16-15-62(6)27-9-10-35-60(4,26(27)11-14-63(62,64)7)13-12-36(61(35,5)23-68)91-55-48(82)45(79)41(75)34(90-55)22-85-57-51(38(72)29(70)21-84-57)94-59-53(95-54-47(81)43(77)37(71)25(3)86-54)50(42(76)33(20-67)89-59)92-58-52(46(80)40(74)32(19-66)88-58)93-56-49(83)44(78)39(73)31(18-65)87-56/h24-25,29-59,65-68,70-83H,8-23H2,1-7H3/t24-,25+,29-,30+,31-,32-,33-,34-,35-,36+,37+,38-,39-,40-,41-,42-,43-,44+,45+,46+,47-,48-,49-,50+,51+,52-,53-,54+,55+,56+,57-,58+,59+,60-,61-,62+,63+,64+/m1/s1. The highest BCUT2D eigenvalue weighted by Crippen LogP contribution is 2.75. The van der Waals surface area contributed by atoms with Gasteiger partial charge in [-0.1, -0.05) is 52.7 Å². The molecule has 552 valence electrons. The van der Waals surface area contributed by atoms with E-state index in [1.165, 1.54) is 18.1 Å². The Morgan fingerprint density at radius 3 is 1.65 bits per heavy atom. The molecule has 9 fully saturated rings. The van der Waals surface area contributed by atoms with Gasteiger partial charge in [0.2, 0.25) is 0 Å². The van der Waals surface area contributed by atoms with Gasteiger partial charge in [0.15, 0.2) is 43.5 Å². The normalized spacial score (nSPS) is 54.6. The molecule has 7 saturated heterocycles. The minimum atomic E-state index is -2.16. The number of ketones is 1. The van der Waals surface area contributed by atoms with E-state index in [2.05, 4.69) is 27.7 Å². The van der Waals surface area contributed by atoms with Crippen LogP contribution in [0.2, 0.25) is 0 Å². The second-order valence-corrected chi connectivity index (χ2v) is 29.7. The maximum atomic E-state index is 13.1. The summed E-state index contributed by atoms with van der Waals surface area (Å²) in [7, 11) is 0. The molecule has 4 aliphatic carbocycles. The molecular weight excluding hydrogens is 1280 g/mol. The van der Waals surface area contributed by atoms with Crippen LogP contribution >= 0.6 is 0 Å². The average Bonchev–Trinajstić information content (AvgIpc) is 1.41. The lowest BCUT2D eigenvalue weighted by molar-refractivity contribution is -0.414. The lowest BCUT2D eigenvalue weighted by Gasteiger charge is -2.63. The second kappa shape index (κ2) is 29.0. The molecule has 38 atom stereocenters. The van der Waals surface area contributed by atoms with Crippen LogP contribution in [0.3, 0.4) is 0 Å². The molecule has 32 nitrogen and oxygen atoms in total. The topological polar surface area (TPSA) is 501 Å². The molecule has 18 N–H and O–H groups in total. The van der Waals surface area contributed by atoms with Gasteiger partial charge in [0.1, 0.15) is 140 Å². The van der Waals surface area contributed by atoms with E-state index < -0.39 is 234 Å². The number of hydrogen-bond donors (Lipinski definition) is 18. The number of fused-ring (bicyclic) bond motifs is 5. The van der Waals surface area contributed by atoms with Gasteiger partial charge in [-0.15, -0.1) is 0 Å². The maximum absolute atomic E-state index is 13.1. The summed E-state index contributed by atoms with van der Waals surface area (Å²) in [6.07, 6.45) is -49.2. The number of carbonyl (C=O) groups is 1. The van der Waals surface area contributed by atoms with Crippen molar-refractivity contribution < 1.29 is 158 Å². The third-order valence-electron chi connectivity index (χ3n) is 24.7. The molecule has 0 aromatic rings. The summed E-state index contributed by atoms with van der Waals surface area (Å²) >= 11 is 0. The molecule has 0 aromatic carbocycles. The Morgan fingerprint density at radius 2 is 1.02 bits per heavy atom. The Hall–Kier alpha value is -1.83. The molecule has 0 aromatic heterocycles.